The van der Waals surface area contributed by atoms with Gasteiger partial charge in [-0.05, 0) is 28.1 Å². The van der Waals surface area contributed by atoms with Crippen LogP contribution in [0.5, 0.6) is 0 Å². The minimum absolute atomic E-state index is 0.0288. The number of rotatable bonds is 3. The van der Waals surface area contributed by atoms with E-state index >= 15 is 0 Å². The summed E-state index contributed by atoms with van der Waals surface area (Å²) in [5.74, 6) is -1.34. The van der Waals surface area contributed by atoms with Gasteiger partial charge in [-0.25, -0.2) is 8.78 Å². The lowest BCUT2D eigenvalue weighted by Crippen LogP contribution is -2.05. The lowest BCUT2D eigenvalue weighted by molar-refractivity contribution is 0.130. The van der Waals surface area contributed by atoms with Gasteiger partial charge >= 0.3 is 0 Å². The highest BCUT2D eigenvalue weighted by Crippen LogP contribution is 2.30. The average molecular weight is 267 g/mol. The molecule has 2 N–H and O–H groups in total. The molecule has 0 saturated carbocycles. The highest BCUT2D eigenvalue weighted by atomic mass is 79.9. The van der Waals surface area contributed by atoms with Gasteiger partial charge < -0.3 is 10.2 Å². The molecule has 5 heteroatoms. The zero-order valence-electron chi connectivity index (χ0n) is 7.17. The summed E-state index contributed by atoms with van der Waals surface area (Å²) in [6.45, 7) is -0.288. The molecule has 1 aromatic carbocycles. The molecule has 0 bridgehead atoms. The molecule has 0 saturated heterocycles. The van der Waals surface area contributed by atoms with Crippen molar-refractivity contribution in [2.24, 2.45) is 0 Å². The summed E-state index contributed by atoms with van der Waals surface area (Å²) >= 11 is 2.84. The summed E-state index contributed by atoms with van der Waals surface area (Å²) in [5.41, 5.74) is -0.154. The monoisotopic (exact) mass is 266 g/mol. The van der Waals surface area contributed by atoms with Crippen LogP contribution in [0.3, 0.4) is 0 Å². The summed E-state index contributed by atoms with van der Waals surface area (Å²) in [7, 11) is 0. The van der Waals surface area contributed by atoms with E-state index in [-0.39, 0.29) is 23.1 Å². The maximum absolute atomic E-state index is 13.2. The van der Waals surface area contributed by atoms with Crippen LogP contribution in [0.15, 0.2) is 16.6 Å². The van der Waals surface area contributed by atoms with Crippen molar-refractivity contribution in [1.82, 2.24) is 0 Å². The van der Waals surface area contributed by atoms with E-state index in [1.54, 1.807) is 0 Å². The molecule has 1 aromatic rings. The van der Waals surface area contributed by atoms with Gasteiger partial charge in [-0.2, -0.15) is 0 Å². The van der Waals surface area contributed by atoms with Crippen LogP contribution in [0.2, 0.25) is 0 Å². The van der Waals surface area contributed by atoms with Crippen molar-refractivity contribution in [2.45, 2.75) is 12.5 Å². The van der Waals surface area contributed by atoms with E-state index in [9.17, 15) is 13.9 Å². The van der Waals surface area contributed by atoms with Crippen molar-refractivity contribution in [1.29, 1.82) is 0 Å². The molecular formula is C9H9BrF2O2. The molecule has 0 aliphatic heterocycles. The van der Waals surface area contributed by atoms with Gasteiger partial charge in [-0.3, -0.25) is 0 Å². The van der Waals surface area contributed by atoms with Gasteiger partial charge in [0.2, 0.25) is 0 Å². The van der Waals surface area contributed by atoms with Crippen molar-refractivity contribution >= 4 is 15.9 Å². The Hall–Kier alpha value is -0.520. The van der Waals surface area contributed by atoms with Crippen LogP contribution in [-0.4, -0.2) is 16.8 Å². The molecule has 78 valence electrons. The SMILES string of the molecule is OCCC(O)c1c(F)ccc(F)c1Br. The first-order valence-corrected chi connectivity index (χ1v) is 4.79. The second kappa shape index (κ2) is 4.82. The Bertz CT molecular complexity index is 331. The van der Waals surface area contributed by atoms with Crippen molar-refractivity contribution < 1.29 is 19.0 Å². The molecule has 14 heavy (non-hydrogen) atoms. The fourth-order valence-electron chi connectivity index (χ4n) is 1.11. The number of benzene rings is 1. The summed E-state index contributed by atoms with van der Waals surface area (Å²) in [5, 5.41) is 18.0. The molecule has 1 rings (SSSR count). The molecule has 0 aliphatic carbocycles. The Morgan fingerprint density at radius 1 is 1.29 bits per heavy atom. The van der Waals surface area contributed by atoms with Gasteiger partial charge in [-0.1, -0.05) is 0 Å². The maximum Gasteiger partial charge on any atom is 0.137 e. The Labute approximate surface area is 88.3 Å². The second-order valence-electron chi connectivity index (χ2n) is 2.78. The molecular weight excluding hydrogens is 258 g/mol. The quantitative estimate of drug-likeness (QED) is 0.824. The third kappa shape index (κ3) is 2.29. The van der Waals surface area contributed by atoms with E-state index in [1.807, 2.05) is 0 Å². The van der Waals surface area contributed by atoms with Crippen LogP contribution in [0.4, 0.5) is 8.78 Å². The molecule has 1 unspecified atom stereocenters. The Kier molecular flexibility index (Phi) is 3.97. The van der Waals surface area contributed by atoms with Crippen LogP contribution in [-0.2, 0) is 0 Å². The minimum Gasteiger partial charge on any atom is -0.396 e. The van der Waals surface area contributed by atoms with E-state index in [1.165, 1.54) is 0 Å². The van der Waals surface area contributed by atoms with Crippen molar-refractivity contribution in [3.63, 3.8) is 0 Å². The number of aliphatic hydroxyl groups excluding tert-OH is 2. The van der Waals surface area contributed by atoms with Gasteiger partial charge in [0.15, 0.2) is 0 Å². The first kappa shape index (κ1) is 11.6. The predicted molar refractivity (Wildman–Crippen MR) is 50.7 cm³/mol. The molecule has 1 atom stereocenters. The molecule has 0 aliphatic rings. The fraction of sp³-hybridized carbons (Fsp3) is 0.333. The third-order valence-electron chi connectivity index (χ3n) is 1.82. The van der Waals surface area contributed by atoms with Crippen molar-refractivity contribution in [3.05, 3.63) is 33.8 Å². The topological polar surface area (TPSA) is 40.5 Å². The van der Waals surface area contributed by atoms with Gasteiger partial charge in [0.05, 0.1) is 10.6 Å². The summed E-state index contributed by atoms with van der Waals surface area (Å²) < 4.78 is 26.0. The Balaban J connectivity index is 3.11. The van der Waals surface area contributed by atoms with Gasteiger partial charge in [0, 0.05) is 18.6 Å². The first-order chi connectivity index (χ1) is 6.57. The van der Waals surface area contributed by atoms with E-state index in [0.29, 0.717) is 0 Å². The van der Waals surface area contributed by atoms with Gasteiger partial charge in [0.25, 0.3) is 0 Å². The highest BCUT2D eigenvalue weighted by molar-refractivity contribution is 9.10. The van der Waals surface area contributed by atoms with E-state index in [0.717, 1.165) is 12.1 Å². The molecule has 0 amide bonds. The predicted octanol–water partition coefficient (Wildman–Crippen LogP) is 2.14. The highest BCUT2D eigenvalue weighted by Gasteiger charge is 2.18. The molecule has 0 spiro atoms. The summed E-state index contributed by atoms with van der Waals surface area (Å²) in [4.78, 5) is 0. The molecule has 2 nitrogen and oxygen atoms in total. The van der Waals surface area contributed by atoms with Crippen molar-refractivity contribution in [3.8, 4) is 0 Å². The maximum atomic E-state index is 13.2. The minimum atomic E-state index is -1.20. The van der Waals surface area contributed by atoms with E-state index in [4.69, 9.17) is 5.11 Å². The van der Waals surface area contributed by atoms with Crippen molar-refractivity contribution in [2.75, 3.05) is 6.61 Å². The standard InChI is InChI=1S/C9H9BrF2O2/c10-9-6(12)2-1-5(11)8(9)7(14)3-4-13/h1-2,7,13-14H,3-4H2. The number of hydrogen-bond acceptors (Lipinski definition) is 2. The lowest BCUT2D eigenvalue weighted by Gasteiger charge is -2.12. The van der Waals surface area contributed by atoms with Gasteiger partial charge in [-0.15, -0.1) is 0 Å². The van der Waals surface area contributed by atoms with E-state index in [2.05, 4.69) is 15.9 Å². The average Bonchev–Trinajstić information content (AvgIpc) is 2.13. The van der Waals surface area contributed by atoms with Crippen LogP contribution >= 0.6 is 15.9 Å². The lowest BCUT2D eigenvalue weighted by atomic mass is 10.1. The zero-order chi connectivity index (χ0) is 10.7. The molecule has 0 radical (unpaired) electrons. The summed E-state index contributed by atoms with van der Waals surface area (Å²) in [6, 6.07) is 1.91. The van der Waals surface area contributed by atoms with Crippen LogP contribution in [0, 0.1) is 11.6 Å². The van der Waals surface area contributed by atoms with E-state index < -0.39 is 17.7 Å². The second-order valence-corrected chi connectivity index (χ2v) is 3.58. The first-order valence-electron chi connectivity index (χ1n) is 4.00. The number of halogens is 3. The summed E-state index contributed by atoms with van der Waals surface area (Å²) in [6.07, 6.45) is -1.23. The number of aliphatic hydroxyl groups is 2. The Morgan fingerprint density at radius 3 is 2.43 bits per heavy atom. The molecule has 0 aromatic heterocycles. The number of hydrogen-bond donors (Lipinski definition) is 2. The Morgan fingerprint density at radius 2 is 1.86 bits per heavy atom. The largest absolute Gasteiger partial charge is 0.396 e. The normalized spacial score (nSPS) is 12.9. The zero-order valence-corrected chi connectivity index (χ0v) is 8.76. The van der Waals surface area contributed by atoms with Crippen LogP contribution in [0.1, 0.15) is 18.1 Å². The molecule has 0 fully saturated rings. The van der Waals surface area contributed by atoms with Crippen LogP contribution in [0.25, 0.3) is 0 Å². The van der Waals surface area contributed by atoms with Gasteiger partial charge in [0.1, 0.15) is 11.6 Å². The van der Waals surface area contributed by atoms with Crippen LogP contribution < -0.4 is 0 Å². The third-order valence-corrected chi connectivity index (χ3v) is 2.62. The fourth-order valence-corrected chi connectivity index (χ4v) is 1.70. The molecule has 0 heterocycles. The smallest absolute Gasteiger partial charge is 0.137 e.